The molecule has 0 bridgehead atoms. The van der Waals surface area contributed by atoms with Gasteiger partial charge < -0.3 is 19.0 Å². The van der Waals surface area contributed by atoms with Crippen molar-refractivity contribution < 1.29 is 18.7 Å². The summed E-state index contributed by atoms with van der Waals surface area (Å²) in [6.07, 6.45) is 3.27. The second-order valence-electron chi connectivity index (χ2n) is 5.71. The highest BCUT2D eigenvalue weighted by Gasteiger charge is 2.25. The van der Waals surface area contributed by atoms with Gasteiger partial charge in [-0.3, -0.25) is 9.59 Å². The number of hydrogen-bond donors (Lipinski definition) is 0. The highest BCUT2D eigenvalue weighted by molar-refractivity contribution is 5.94. The lowest BCUT2D eigenvalue weighted by Crippen LogP contribution is -2.50. The van der Waals surface area contributed by atoms with Crippen LogP contribution >= 0.6 is 0 Å². The SMILES string of the molecule is COc1cccc(CC(=O)N2CCN(C(=O)c3ccoc3)CC2)c1. The molecule has 6 nitrogen and oxygen atoms in total. The molecule has 0 saturated carbocycles. The van der Waals surface area contributed by atoms with E-state index >= 15 is 0 Å². The number of ether oxygens (including phenoxy) is 1. The van der Waals surface area contributed by atoms with Gasteiger partial charge in [-0.1, -0.05) is 12.1 Å². The lowest BCUT2D eigenvalue weighted by Gasteiger charge is -2.34. The molecule has 2 heterocycles. The van der Waals surface area contributed by atoms with Crippen molar-refractivity contribution in [2.45, 2.75) is 6.42 Å². The number of piperazine rings is 1. The minimum Gasteiger partial charge on any atom is -0.497 e. The first-order valence-electron chi connectivity index (χ1n) is 7.89. The van der Waals surface area contributed by atoms with Gasteiger partial charge in [-0.15, -0.1) is 0 Å². The first-order chi connectivity index (χ1) is 11.7. The minimum absolute atomic E-state index is 0.0522. The van der Waals surface area contributed by atoms with Gasteiger partial charge in [0, 0.05) is 26.2 Å². The summed E-state index contributed by atoms with van der Waals surface area (Å²) in [6.45, 7) is 2.17. The maximum absolute atomic E-state index is 12.4. The molecular weight excluding hydrogens is 308 g/mol. The molecule has 0 spiro atoms. The predicted molar refractivity (Wildman–Crippen MR) is 87.9 cm³/mol. The molecule has 24 heavy (non-hydrogen) atoms. The number of carbonyl (C=O) groups is 2. The van der Waals surface area contributed by atoms with Gasteiger partial charge in [-0.25, -0.2) is 0 Å². The van der Waals surface area contributed by atoms with Crippen LogP contribution in [0.3, 0.4) is 0 Å². The van der Waals surface area contributed by atoms with Crippen LogP contribution in [0.5, 0.6) is 5.75 Å². The van der Waals surface area contributed by atoms with E-state index in [4.69, 9.17) is 9.15 Å². The van der Waals surface area contributed by atoms with Gasteiger partial charge in [0.15, 0.2) is 0 Å². The van der Waals surface area contributed by atoms with E-state index in [1.807, 2.05) is 24.3 Å². The number of hydrogen-bond acceptors (Lipinski definition) is 4. The number of rotatable bonds is 4. The molecule has 1 aromatic heterocycles. The first-order valence-corrected chi connectivity index (χ1v) is 7.89. The average molecular weight is 328 g/mol. The van der Waals surface area contributed by atoms with Gasteiger partial charge in [0.2, 0.25) is 5.91 Å². The number of nitrogens with zero attached hydrogens (tertiary/aromatic N) is 2. The zero-order chi connectivity index (χ0) is 16.9. The zero-order valence-electron chi connectivity index (χ0n) is 13.6. The van der Waals surface area contributed by atoms with E-state index in [9.17, 15) is 9.59 Å². The van der Waals surface area contributed by atoms with Crippen molar-refractivity contribution in [1.29, 1.82) is 0 Å². The average Bonchev–Trinajstić information content (AvgIpc) is 3.16. The smallest absolute Gasteiger partial charge is 0.257 e. The topological polar surface area (TPSA) is 63.0 Å². The third kappa shape index (κ3) is 3.59. The van der Waals surface area contributed by atoms with Gasteiger partial charge in [-0.05, 0) is 23.8 Å². The molecule has 1 aliphatic rings. The Hall–Kier alpha value is -2.76. The summed E-state index contributed by atoms with van der Waals surface area (Å²) in [5.41, 5.74) is 1.47. The molecule has 0 atom stereocenters. The Labute approximate surface area is 140 Å². The summed E-state index contributed by atoms with van der Waals surface area (Å²) in [7, 11) is 1.61. The summed E-state index contributed by atoms with van der Waals surface area (Å²) < 4.78 is 10.1. The third-order valence-corrected chi connectivity index (χ3v) is 4.18. The van der Waals surface area contributed by atoms with Gasteiger partial charge >= 0.3 is 0 Å². The molecule has 0 aliphatic carbocycles. The van der Waals surface area contributed by atoms with E-state index in [0.717, 1.165) is 11.3 Å². The van der Waals surface area contributed by atoms with Crippen LogP contribution in [0, 0.1) is 0 Å². The fourth-order valence-electron chi connectivity index (χ4n) is 2.80. The van der Waals surface area contributed by atoms with Crippen molar-refractivity contribution in [1.82, 2.24) is 9.80 Å². The van der Waals surface area contributed by atoms with E-state index in [1.54, 1.807) is 23.0 Å². The van der Waals surface area contributed by atoms with E-state index in [0.29, 0.717) is 38.2 Å². The second kappa shape index (κ2) is 7.21. The molecule has 0 N–H and O–H groups in total. The van der Waals surface area contributed by atoms with Crippen LogP contribution in [0.1, 0.15) is 15.9 Å². The molecule has 6 heteroatoms. The summed E-state index contributed by atoms with van der Waals surface area (Å²) in [5, 5.41) is 0. The molecule has 1 saturated heterocycles. The molecule has 0 radical (unpaired) electrons. The first kappa shape index (κ1) is 16.1. The molecule has 126 valence electrons. The van der Waals surface area contributed by atoms with Crippen LogP contribution in [-0.4, -0.2) is 54.9 Å². The molecule has 3 rings (SSSR count). The highest BCUT2D eigenvalue weighted by Crippen LogP contribution is 2.15. The number of amides is 2. The molecule has 0 unspecified atom stereocenters. The Morgan fingerprint density at radius 1 is 1.12 bits per heavy atom. The minimum atomic E-state index is -0.0522. The van der Waals surface area contributed by atoms with Crippen molar-refractivity contribution in [3.05, 3.63) is 54.0 Å². The summed E-state index contributed by atoms with van der Waals surface area (Å²) in [4.78, 5) is 28.2. The van der Waals surface area contributed by atoms with Gasteiger partial charge in [0.25, 0.3) is 5.91 Å². The number of carbonyl (C=O) groups excluding carboxylic acids is 2. The van der Waals surface area contributed by atoms with Crippen molar-refractivity contribution in [3.8, 4) is 5.75 Å². The molecule has 1 aromatic carbocycles. The maximum atomic E-state index is 12.4. The van der Waals surface area contributed by atoms with Crippen LogP contribution in [0.25, 0.3) is 0 Å². The predicted octanol–water partition coefficient (Wildman–Crippen LogP) is 1.82. The number of benzene rings is 1. The Kier molecular flexibility index (Phi) is 4.84. The lowest BCUT2D eigenvalue weighted by molar-refractivity contribution is -0.131. The van der Waals surface area contributed by atoms with Crippen molar-refractivity contribution in [2.24, 2.45) is 0 Å². The largest absolute Gasteiger partial charge is 0.497 e. The molecule has 1 aliphatic heterocycles. The van der Waals surface area contributed by atoms with Crippen molar-refractivity contribution in [2.75, 3.05) is 33.3 Å². The Morgan fingerprint density at radius 2 is 1.88 bits per heavy atom. The summed E-state index contributed by atoms with van der Waals surface area (Å²) in [5.74, 6) is 0.762. The van der Waals surface area contributed by atoms with E-state index in [-0.39, 0.29) is 11.8 Å². The fourth-order valence-corrected chi connectivity index (χ4v) is 2.80. The third-order valence-electron chi connectivity index (χ3n) is 4.18. The van der Waals surface area contributed by atoms with Gasteiger partial charge in [-0.2, -0.15) is 0 Å². The Morgan fingerprint density at radius 3 is 2.54 bits per heavy atom. The van der Waals surface area contributed by atoms with Gasteiger partial charge in [0.1, 0.15) is 12.0 Å². The summed E-state index contributed by atoms with van der Waals surface area (Å²) >= 11 is 0. The summed E-state index contributed by atoms with van der Waals surface area (Å²) in [6, 6.07) is 9.18. The lowest BCUT2D eigenvalue weighted by atomic mass is 10.1. The van der Waals surface area contributed by atoms with Crippen LogP contribution in [0.2, 0.25) is 0 Å². The van der Waals surface area contributed by atoms with Crippen molar-refractivity contribution in [3.63, 3.8) is 0 Å². The van der Waals surface area contributed by atoms with Crippen LogP contribution in [0.15, 0.2) is 47.3 Å². The Bertz CT molecular complexity index is 704. The molecular formula is C18H20N2O4. The standard InChI is InChI=1S/C18H20N2O4/c1-23-16-4-2-3-14(11-16)12-17(21)19-6-8-20(9-7-19)18(22)15-5-10-24-13-15/h2-5,10-11,13H,6-9,12H2,1H3. The zero-order valence-corrected chi connectivity index (χ0v) is 13.6. The van der Waals surface area contributed by atoms with E-state index in [1.165, 1.54) is 12.5 Å². The normalized spacial score (nSPS) is 14.5. The Balaban J connectivity index is 1.54. The van der Waals surface area contributed by atoms with Crippen LogP contribution in [-0.2, 0) is 11.2 Å². The highest BCUT2D eigenvalue weighted by atomic mass is 16.5. The molecule has 1 fully saturated rings. The number of furan rings is 1. The monoisotopic (exact) mass is 328 g/mol. The second-order valence-corrected chi connectivity index (χ2v) is 5.71. The number of methoxy groups -OCH3 is 1. The fraction of sp³-hybridized carbons (Fsp3) is 0.333. The van der Waals surface area contributed by atoms with Crippen LogP contribution < -0.4 is 4.74 Å². The maximum Gasteiger partial charge on any atom is 0.257 e. The molecule has 2 aromatic rings. The van der Waals surface area contributed by atoms with Gasteiger partial charge in [0.05, 0.1) is 25.4 Å². The van der Waals surface area contributed by atoms with E-state index < -0.39 is 0 Å². The van der Waals surface area contributed by atoms with Crippen molar-refractivity contribution >= 4 is 11.8 Å². The quantitative estimate of drug-likeness (QED) is 0.859. The molecule has 2 amide bonds. The van der Waals surface area contributed by atoms with Crippen LogP contribution in [0.4, 0.5) is 0 Å². The van der Waals surface area contributed by atoms with E-state index in [2.05, 4.69) is 0 Å².